The lowest BCUT2D eigenvalue weighted by Gasteiger charge is -2.16. The van der Waals surface area contributed by atoms with Crippen molar-refractivity contribution in [2.75, 3.05) is 12.3 Å². The number of nitrogens with zero attached hydrogens (tertiary/aromatic N) is 5. The first-order chi connectivity index (χ1) is 11.1. The SMILES string of the molecule is O=c1onc2n1C(CS(=O)(=O)NCCc1nn[nH]n1)CCCC2. The number of aromatic amines is 1. The van der Waals surface area contributed by atoms with Gasteiger partial charge in [0.15, 0.2) is 11.6 Å². The van der Waals surface area contributed by atoms with E-state index in [9.17, 15) is 13.2 Å². The number of rotatable bonds is 6. The van der Waals surface area contributed by atoms with Crippen LogP contribution in [-0.2, 0) is 22.9 Å². The summed E-state index contributed by atoms with van der Waals surface area (Å²) in [6.07, 6.45) is 3.24. The third-order valence-corrected chi connectivity index (χ3v) is 5.20. The summed E-state index contributed by atoms with van der Waals surface area (Å²) in [5.74, 6) is 0.154. The summed E-state index contributed by atoms with van der Waals surface area (Å²) in [5, 5.41) is 16.9. The zero-order valence-corrected chi connectivity index (χ0v) is 13.1. The minimum atomic E-state index is -3.55. The highest BCUT2D eigenvalue weighted by molar-refractivity contribution is 7.89. The molecule has 0 saturated carbocycles. The Balaban J connectivity index is 1.65. The summed E-state index contributed by atoms with van der Waals surface area (Å²) in [6, 6.07) is -0.464. The average molecular weight is 343 g/mol. The van der Waals surface area contributed by atoms with Crippen LogP contribution < -0.4 is 10.5 Å². The Kier molecular flexibility index (Phi) is 4.52. The first-order valence-corrected chi connectivity index (χ1v) is 8.97. The highest BCUT2D eigenvalue weighted by atomic mass is 32.2. The zero-order chi connectivity index (χ0) is 16.3. The maximum atomic E-state index is 12.2. The monoisotopic (exact) mass is 343 g/mol. The minimum absolute atomic E-state index is 0.167. The molecule has 23 heavy (non-hydrogen) atoms. The topological polar surface area (TPSA) is 149 Å². The summed E-state index contributed by atoms with van der Waals surface area (Å²) >= 11 is 0. The summed E-state index contributed by atoms with van der Waals surface area (Å²) in [4.78, 5) is 11.8. The number of nitrogens with one attached hydrogen (secondary N) is 2. The first-order valence-electron chi connectivity index (χ1n) is 7.32. The fourth-order valence-corrected chi connectivity index (χ4v) is 4.03. The van der Waals surface area contributed by atoms with Gasteiger partial charge in [-0.3, -0.25) is 9.09 Å². The number of aromatic nitrogens is 6. The minimum Gasteiger partial charge on any atom is -0.296 e. The highest BCUT2D eigenvalue weighted by Gasteiger charge is 2.27. The molecular formula is C11H17N7O4S. The second-order valence-electron chi connectivity index (χ2n) is 5.39. The maximum Gasteiger partial charge on any atom is 0.441 e. The van der Waals surface area contributed by atoms with Crippen LogP contribution in [0.25, 0.3) is 0 Å². The molecule has 3 rings (SSSR count). The lowest BCUT2D eigenvalue weighted by Crippen LogP contribution is -2.35. The number of aryl methyl sites for hydroxylation is 1. The van der Waals surface area contributed by atoms with Crippen LogP contribution in [0.15, 0.2) is 9.32 Å². The van der Waals surface area contributed by atoms with Crippen LogP contribution in [0.2, 0.25) is 0 Å². The van der Waals surface area contributed by atoms with Crippen molar-refractivity contribution in [3.63, 3.8) is 0 Å². The quantitative estimate of drug-likeness (QED) is 0.663. The van der Waals surface area contributed by atoms with Crippen LogP contribution in [-0.4, -0.2) is 51.1 Å². The van der Waals surface area contributed by atoms with Gasteiger partial charge in [-0.15, -0.1) is 10.2 Å². The van der Waals surface area contributed by atoms with Crippen LogP contribution in [0.4, 0.5) is 0 Å². The lowest BCUT2D eigenvalue weighted by molar-refractivity contribution is 0.358. The fourth-order valence-electron chi connectivity index (χ4n) is 2.68. The van der Waals surface area contributed by atoms with Crippen LogP contribution >= 0.6 is 0 Å². The summed E-state index contributed by atoms with van der Waals surface area (Å²) in [6.45, 7) is 0.167. The van der Waals surface area contributed by atoms with E-state index in [0.29, 0.717) is 30.9 Å². The van der Waals surface area contributed by atoms with E-state index >= 15 is 0 Å². The average Bonchev–Trinajstić information content (AvgIpc) is 3.08. The van der Waals surface area contributed by atoms with Gasteiger partial charge < -0.3 is 0 Å². The van der Waals surface area contributed by atoms with E-state index in [1.54, 1.807) is 0 Å². The molecular weight excluding hydrogens is 326 g/mol. The standard InChI is InChI=1S/C11H17N7O4S/c19-11-18-8(3-1-2-4-10(18)15-22-11)7-23(20,21)12-6-5-9-13-16-17-14-9/h8,12H,1-7H2,(H,13,14,16,17). The summed E-state index contributed by atoms with van der Waals surface area (Å²) < 4.78 is 33.0. The molecule has 1 aliphatic rings. The second kappa shape index (κ2) is 6.58. The van der Waals surface area contributed by atoms with E-state index in [2.05, 4.69) is 35.0 Å². The predicted molar refractivity (Wildman–Crippen MR) is 77.0 cm³/mol. The molecule has 0 aliphatic carbocycles. The zero-order valence-electron chi connectivity index (χ0n) is 12.3. The van der Waals surface area contributed by atoms with Crippen molar-refractivity contribution in [1.82, 2.24) is 35.1 Å². The van der Waals surface area contributed by atoms with E-state index in [1.807, 2.05) is 0 Å². The molecule has 1 unspecified atom stereocenters. The van der Waals surface area contributed by atoms with Crippen molar-refractivity contribution in [3.05, 3.63) is 22.2 Å². The molecule has 3 heterocycles. The van der Waals surface area contributed by atoms with Crippen LogP contribution in [0.5, 0.6) is 0 Å². The Bertz CT molecular complexity index is 795. The first kappa shape index (κ1) is 15.8. The number of tetrazole rings is 1. The molecule has 0 spiro atoms. The highest BCUT2D eigenvalue weighted by Crippen LogP contribution is 2.22. The van der Waals surface area contributed by atoms with Crippen molar-refractivity contribution < 1.29 is 12.9 Å². The van der Waals surface area contributed by atoms with E-state index in [-0.39, 0.29) is 12.3 Å². The molecule has 0 saturated heterocycles. The fraction of sp³-hybridized carbons (Fsp3) is 0.727. The largest absolute Gasteiger partial charge is 0.441 e. The van der Waals surface area contributed by atoms with Gasteiger partial charge in [-0.1, -0.05) is 16.8 Å². The van der Waals surface area contributed by atoms with Gasteiger partial charge in [-0.2, -0.15) is 5.21 Å². The van der Waals surface area contributed by atoms with Gasteiger partial charge in [0, 0.05) is 19.4 Å². The van der Waals surface area contributed by atoms with Crippen LogP contribution in [0.3, 0.4) is 0 Å². The van der Waals surface area contributed by atoms with Gasteiger partial charge in [-0.05, 0) is 12.8 Å². The van der Waals surface area contributed by atoms with Gasteiger partial charge in [0.2, 0.25) is 10.0 Å². The maximum absolute atomic E-state index is 12.2. The van der Waals surface area contributed by atoms with Crippen LogP contribution in [0.1, 0.15) is 37.0 Å². The third kappa shape index (κ3) is 3.82. The van der Waals surface area contributed by atoms with Crippen molar-refractivity contribution in [2.45, 2.75) is 38.1 Å². The van der Waals surface area contributed by atoms with Crippen molar-refractivity contribution >= 4 is 10.0 Å². The summed E-state index contributed by atoms with van der Waals surface area (Å²) in [5.41, 5.74) is 0. The van der Waals surface area contributed by atoms with E-state index in [4.69, 9.17) is 0 Å². The molecule has 11 nitrogen and oxygen atoms in total. The smallest absolute Gasteiger partial charge is 0.296 e. The molecule has 2 aromatic rings. The molecule has 126 valence electrons. The second-order valence-corrected chi connectivity index (χ2v) is 7.24. The molecule has 12 heteroatoms. The van der Waals surface area contributed by atoms with Gasteiger partial charge in [-0.25, -0.2) is 17.9 Å². The van der Waals surface area contributed by atoms with Gasteiger partial charge in [0.1, 0.15) is 0 Å². The normalized spacial score (nSPS) is 18.5. The van der Waals surface area contributed by atoms with Gasteiger partial charge in [0.05, 0.1) is 11.8 Å². The molecule has 1 atom stereocenters. The van der Waals surface area contributed by atoms with Gasteiger partial charge >= 0.3 is 5.76 Å². The third-order valence-electron chi connectivity index (χ3n) is 3.73. The molecule has 2 N–H and O–H groups in total. The Morgan fingerprint density at radius 2 is 2.26 bits per heavy atom. The number of H-pyrrole nitrogens is 1. The molecule has 2 aromatic heterocycles. The predicted octanol–water partition coefficient (Wildman–Crippen LogP) is -1.22. The van der Waals surface area contributed by atoms with Gasteiger partial charge in [0.25, 0.3) is 0 Å². The Morgan fingerprint density at radius 1 is 1.39 bits per heavy atom. The Morgan fingerprint density at radius 3 is 3.04 bits per heavy atom. The number of hydrogen-bond donors (Lipinski definition) is 2. The van der Waals surface area contributed by atoms with Crippen molar-refractivity contribution in [1.29, 1.82) is 0 Å². The Hall–Kier alpha value is -2.08. The Labute approximate surface area is 131 Å². The van der Waals surface area contributed by atoms with E-state index < -0.39 is 21.8 Å². The lowest BCUT2D eigenvalue weighted by atomic mass is 10.1. The number of hydrogen-bond acceptors (Lipinski definition) is 8. The number of sulfonamides is 1. The van der Waals surface area contributed by atoms with Crippen molar-refractivity contribution in [3.8, 4) is 0 Å². The van der Waals surface area contributed by atoms with Crippen molar-refractivity contribution in [2.24, 2.45) is 0 Å². The number of fused-ring (bicyclic) bond motifs is 1. The molecule has 0 amide bonds. The van der Waals surface area contributed by atoms with E-state index in [0.717, 1.165) is 12.8 Å². The molecule has 0 aromatic carbocycles. The molecule has 0 bridgehead atoms. The molecule has 1 aliphatic heterocycles. The van der Waals surface area contributed by atoms with Crippen LogP contribution in [0, 0.1) is 0 Å². The molecule has 0 radical (unpaired) electrons. The molecule has 0 fully saturated rings. The summed E-state index contributed by atoms with van der Waals surface area (Å²) in [7, 11) is -3.55. The van der Waals surface area contributed by atoms with E-state index in [1.165, 1.54) is 4.57 Å².